The molecule has 0 aromatic heterocycles. The molecule has 2 heterocycles. The summed E-state index contributed by atoms with van der Waals surface area (Å²) < 4.78 is 0. The van der Waals surface area contributed by atoms with Crippen molar-refractivity contribution in [3.63, 3.8) is 0 Å². The normalized spacial score (nSPS) is 22.1. The van der Waals surface area contributed by atoms with Gasteiger partial charge in [-0.3, -0.25) is 0 Å². The second-order valence-electron chi connectivity index (χ2n) is 4.82. The van der Waals surface area contributed by atoms with Gasteiger partial charge in [0.15, 0.2) is 0 Å². The third-order valence-corrected chi connectivity index (χ3v) is 3.46. The number of benzene rings is 1. The van der Waals surface area contributed by atoms with Crippen molar-refractivity contribution in [2.45, 2.75) is 19.4 Å². The molecule has 0 spiro atoms. The quantitative estimate of drug-likeness (QED) is 0.707. The predicted octanol–water partition coefficient (Wildman–Crippen LogP) is 4.13. The van der Waals surface area contributed by atoms with Crippen molar-refractivity contribution in [2.75, 3.05) is 0 Å². The first-order valence-corrected chi connectivity index (χ1v) is 6.41. The molecule has 0 radical (unpaired) electrons. The lowest BCUT2D eigenvalue weighted by molar-refractivity contribution is 0.423. The lowest BCUT2D eigenvalue weighted by Gasteiger charge is -2.26. The molecular formula is C17H17N. The van der Waals surface area contributed by atoms with Gasteiger partial charge in [0.25, 0.3) is 0 Å². The minimum absolute atomic E-state index is 0.465. The number of nitrogens with zero attached hydrogens (tertiary/aromatic N) is 1. The van der Waals surface area contributed by atoms with E-state index in [-0.39, 0.29) is 0 Å². The molecular weight excluding hydrogens is 218 g/mol. The van der Waals surface area contributed by atoms with Gasteiger partial charge in [-0.05, 0) is 36.6 Å². The largest absolute Gasteiger partial charge is 0.347 e. The highest BCUT2D eigenvalue weighted by molar-refractivity contribution is 5.74. The second-order valence-corrected chi connectivity index (χ2v) is 4.82. The van der Waals surface area contributed by atoms with Crippen molar-refractivity contribution in [3.8, 4) is 0 Å². The first-order valence-electron chi connectivity index (χ1n) is 6.41. The molecule has 0 N–H and O–H groups in total. The number of allylic oxidation sites excluding steroid dienone is 4. The van der Waals surface area contributed by atoms with Crippen LogP contribution in [0.5, 0.6) is 0 Å². The zero-order chi connectivity index (χ0) is 12.4. The van der Waals surface area contributed by atoms with Crippen molar-refractivity contribution in [3.05, 3.63) is 78.2 Å². The summed E-state index contributed by atoms with van der Waals surface area (Å²) in [6.07, 6.45) is 14.4. The van der Waals surface area contributed by atoms with E-state index in [1.165, 1.54) is 16.7 Å². The summed E-state index contributed by atoms with van der Waals surface area (Å²) in [5.74, 6) is 0. The molecule has 18 heavy (non-hydrogen) atoms. The van der Waals surface area contributed by atoms with Crippen LogP contribution in [0.15, 0.2) is 72.6 Å². The summed E-state index contributed by atoms with van der Waals surface area (Å²) in [6, 6.07) is 11.0. The molecule has 0 saturated heterocycles. The van der Waals surface area contributed by atoms with Gasteiger partial charge >= 0.3 is 0 Å². The van der Waals surface area contributed by atoms with Crippen molar-refractivity contribution in [1.29, 1.82) is 0 Å². The maximum atomic E-state index is 2.33. The van der Waals surface area contributed by atoms with Crippen LogP contribution in [0.2, 0.25) is 0 Å². The van der Waals surface area contributed by atoms with Gasteiger partial charge in [-0.25, -0.2) is 0 Å². The van der Waals surface area contributed by atoms with Crippen LogP contribution in [0, 0.1) is 0 Å². The number of rotatable bonds is 1. The average molecular weight is 235 g/mol. The van der Waals surface area contributed by atoms with Crippen molar-refractivity contribution >= 4 is 5.57 Å². The van der Waals surface area contributed by atoms with Crippen LogP contribution in [0.25, 0.3) is 5.57 Å². The van der Waals surface area contributed by atoms with Crippen LogP contribution < -0.4 is 0 Å². The SMILES string of the molecule is CC1=CC2CC=C(c3ccccc3)C=CN2C=C1. The van der Waals surface area contributed by atoms with Gasteiger partial charge in [0.2, 0.25) is 0 Å². The Labute approximate surface area is 108 Å². The molecule has 0 bridgehead atoms. The third kappa shape index (κ3) is 2.17. The number of hydrogen-bond donors (Lipinski definition) is 0. The van der Waals surface area contributed by atoms with Crippen LogP contribution >= 0.6 is 0 Å². The van der Waals surface area contributed by atoms with E-state index in [1.807, 2.05) is 0 Å². The second kappa shape index (κ2) is 4.69. The number of fused-ring (bicyclic) bond motifs is 1. The molecule has 2 aliphatic heterocycles. The standard InChI is InChI=1S/C17H17N/c1-14-9-11-18-12-10-16(7-8-17(18)13-14)15-5-3-2-4-6-15/h2-7,9-13,17H,8H2,1H3. The Morgan fingerprint density at radius 2 is 1.83 bits per heavy atom. The van der Waals surface area contributed by atoms with E-state index >= 15 is 0 Å². The first kappa shape index (κ1) is 11.1. The van der Waals surface area contributed by atoms with Crippen LogP contribution in [0.4, 0.5) is 0 Å². The van der Waals surface area contributed by atoms with E-state index < -0.39 is 0 Å². The third-order valence-electron chi connectivity index (χ3n) is 3.46. The molecule has 1 heteroatoms. The van der Waals surface area contributed by atoms with Gasteiger partial charge in [-0.1, -0.05) is 48.1 Å². The maximum Gasteiger partial charge on any atom is 0.0551 e. The fourth-order valence-corrected chi connectivity index (χ4v) is 2.44. The molecule has 1 aromatic carbocycles. The van der Waals surface area contributed by atoms with Gasteiger partial charge in [0.05, 0.1) is 6.04 Å². The van der Waals surface area contributed by atoms with E-state index in [1.54, 1.807) is 0 Å². The Bertz CT molecular complexity index is 546. The molecule has 0 amide bonds. The highest BCUT2D eigenvalue weighted by atomic mass is 15.1. The molecule has 1 unspecified atom stereocenters. The van der Waals surface area contributed by atoms with Crippen molar-refractivity contribution < 1.29 is 0 Å². The molecule has 2 aliphatic rings. The summed E-state index contributed by atoms with van der Waals surface area (Å²) in [5, 5.41) is 0. The molecule has 1 atom stereocenters. The first-order chi connectivity index (χ1) is 8.83. The topological polar surface area (TPSA) is 3.24 Å². The predicted molar refractivity (Wildman–Crippen MR) is 76.7 cm³/mol. The molecule has 1 aromatic rings. The average Bonchev–Trinajstić information content (AvgIpc) is 2.62. The summed E-state index contributed by atoms with van der Waals surface area (Å²) in [7, 11) is 0. The molecule has 0 aliphatic carbocycles. The minimum Gasteiger partial charge on any atom is -0.347 e. The highest BCUT2D eigenvalue weighted by Gasteiger charge is 2.15. The lowest BCUT2D eigenvalue weighted by Crippen LogP contribution is -2.25. The zero-order valence-electron chi connectivity index (χ0n) is 10.6. The van der Waals surface area contributed by atoms with E-state index in [9.17, 15) is 0 Å². The zero-order valence-corrected chi connectivity index (χ0v) is 10.6. The molecule has 1 nitrogen and oxygen atoms in total. The van der Waals surface area contributed by atoms with Gasteiger partial charge in [-0.15, -0.1) is 0 Å². The summed E-state index contributed by atoms with van der Waals surface area (Å²) in [5.41, 5.74) is 3.95. The van der Waals surface area contributed by atoms with Crippen LogP contribution in [0.3, 0.4) is 0 Å². The van der Waals surface area contributed by atoms with Crippen LogP contribution in [-0.2, 0) is 0 Å². The minimum atomic E-state index is 0.465. The fraction of sp³-hybridized carbons (Fsp3) is 0.176. The fourth-order valence-electron chi connectivity index (χ4n) is 2.44. The van der Waals surface area contributed by atoms with Gasteiger partial charge in [0.1, 0.15) is 0 Å². The van der Waals surface area contributed by atoms with Crippen molar-refractivity contribution in [2.24, 2.45) is 0 Å². The van der Waals surface area contributed by atoms with Crippen molar-refractivity contribution in [1.82, 2.24) is 4.90 Å². The monoisotopic (exact) mass is 235 g/mol. The number of hydrogen-bond acceptors (Lipinski definition) is 1. The Kier molecular flexibility index (Phi) is 2.89. The Morgan fingerprint density at radius 3 is 2.67 bits per heavy atom. The van der Waals surface area contributed by atoms with E-state index in [0.717, 1.165) is 6.42 Å². The van der Waals surface area contributed by atoms with Gasteiger partial charge in [-0.2, -0.15) is 0 Å². The smallest absolute Gasteiger partial charge is 0.0551 e. The highest BCUT2D eigenvalue weighted by Crippen LogP contribution is 2.25. The lowest BCUT2D eigenvalue weighted by atomic mass is 10.0. The summed E-state index contributed by atoms with van der Waals surface area (Å²) in [6.45, 7) is 2.16. The Morgan fingerprint density at radius 1 is 1.06 bits per heavy atom. The van der Waals surface area contributed by atoms with Gasteiger partial charge < -0.3 is 4.90 Å². The Hall–Kier alpha value is -2.02. The van der Waals surface area contributed by atoms with Crippen LogP contribution in [0.1, 0.15) is 18.9 Å². The maximum absolute atomic E-state index is 2.33. The molecule has 0 saturated carbocycles. The molecule has 90 valence electrons. The van der Waals surface area contributed by atoms with E-state index in [4.69, 9.17) is 0 Å². The molecule has 3 rings (SSSR count). The summed E-state index contributed by atoms with van der Waals surface area (Å²) >= 11 is 0. The van der Waals surface area contributed by atoms with Gasteiger partial charge in [0, 0.05) is 12.4 Å². The van der Waals surface area contributed by atoms with E-state index in [2.05, 4.69) is 78.9 Å². The summed E-state index contributed by atoms with van der Waals surface area (Å²) in [4.78, 5) is 2.28. The Balaban J connectivity index is 1.90. The van der Waals surface area contributed by atoms with E-state index in [0.29, 0.717) is 6.04 Å². The molecule has 0 fully saturated rings. The van der Waals surface area contributed by atoms with Crippen LogP contribution in [-0.4, -0.2) is 10.9 Å².